The second-order valence-electron chi connectivity index (χ2n) is 9.62. The number of hydrogen-bond donors (Lipinski definition) is 2. The van der Waals surface area contributed by atoms with Crippen molar-refractivity contribution < 1.29 is 17.9 Å². The number of nitrogens with zero attached hydrogens (tertiary/aromatic N) is 3. The molecule has 1 aliphatic heterocycles. The van der Waals surface area contributed by atoms with Gasteiger partial charge in [0, 0.05) is 34.6 Å². The Morgan fingerprint density at radius 3 is 2.42 bits per heavy atom. The maximum atomic E-state index is 12.2. The SMILES string of the molecule is COC(=O)c1cccc(-n2c(C)cc(C3C(c4ccccn4)NC(=S)N3c3ccc(NS(C)(=O)=O)cc3)c2C)c1. The Kier molecular flexibility index (Phi) is 7.35. The molecule has 0 aliphatic carbocycles. The first-order valence-corrected chi connectivity index (χ1v) is 14.8. The van der Waals surface area contributed by atoms with Crippen LogP contribution in [0.25, 0.3) is 5.69 Å². The summed E-state index contributed by atoms with van der Waals surface area (Å²) in [6.07, 6.45) is 2.87. The summed E-state index contributed by atoms with van der Waals surface area (Å²) >= 11 is 5.85. The lowest BCUT2D eigenvalue weighted by Gasteiger charge is -2.28. The summed E-state index contributed by atoms with van der Waals surface area (Å²) in [5.41, 5.74) is 6.41. The molecule has 1 fully saturated rings. The van der Waals surface area contributed by atoms with E-state index in [0.29, 0.717) is 16.4 Å². The lowest BCUT2D eigenvalue weighted by atomic mass is 9.96. The van der Waals surface area contributed by atoms with Crippen LogP contribution in [0.3, 0.4) is 0 Å². The van der Waals surface area contributed by atoms with Crippen LogP contribution in [-0.2, 0) is 14.8 Å². The standard InChI is InChI=1S/C29H29N5O4S2/c1-18-16-24(19(2)33(18)23-9-7-8-20(17-23)28(35)38-3)27-26(25-10-5-6-15-30-25)31-29(39)34(27)22-13-11-21(12-14-22)32-40(4,36)37/h5-17,26-27,32H,1-4H3,(H,31,39). The van der Waals surface area contributed by atoms with Gasteiger partial charge in [0.05, 0.1) is 36.7 Å². The minimum absolute atomic E-state index is 0.252. The molecule has 0 amide bonds. The molecule has 11 heteroatoms. The van der Waals surface area contributed by atoms with Gasteiger partial charge in [0.1, 0.15) is 0 Å². The van der Waals surface area contributed by atoms with Gasteiger partial charge >= 0.3 is 5.97 Å². The zero-order valence-corrected chi connectivity index (χ0v) is 24.1. The van der Waals surface area contributed by atoms with Crippen molar-refractivity contribution >= 4 is 44.7 Å². The molecule has 2 atom stereocenters. The molecule has 2 aromatic heterocycles. The Morgan fingerprint density at radius 2 is 1.77 bits per heavy atom. The number of benzene rings is 2. The predicted octanol–water partition coefficient (Wildman–Crippen LogP) is 4.82. The third-order valence-corrected chi connectivity index (χ3v) is 7.78. The number of hydrogen-bond acceptors (Lipinski definition) is 6. The van der Waals surface area contributed by atoms with E-state index in [1.54, 1.807) is 24.4 Å². The third-order valence-electron chi connectivity index (χ3n) is 6.86. The van der Waals surface area contributed by atoms with Gasteiger partial charge in [-0.2, -0.15) is 0 Å². The monoisotopic (exact) mass is 575 g/mol. The number of nitrogens with one attached hydrogen (secondary N) is 2. The van der Waals surface area contributed by atoms with Gasteiger partial charge in [0.15, 0.2) is 5.11 Å². The van der Waals surface area contributed by atoms with Crippen molar-refractivity contribution in [1.82, 2.24) is 14.9 Å². The van der Waals surface area contributed by atoms with Gasteiger partial charge in [-0.3, -0.25) is 9.71 Å². The fourth-order valence-electron chi connectivity index (χ4n) is 5.23. The molecule has 2 N–H and O–H groups in total. The Bertz CT molecular complexity index is 1690. The summed E-state index contributed by atoms with van der Waals surface area (Å²) in [5, 5.41) is 3.99. The molecular formula is C29H29N5O4S2. The molecule has 0 saturated carbocycles. The van der Waals surface area contributed by atoms with E-state index in [1.807, 2.05) is 67.3 Å². The molecule has 9 nitrogen and oxygen atoms in total. The lowest BCUT2D eigenvalue weighted by molar-refractivity contribution is 0.0600. The number of methoxy groups -OCH3 is 1. The Morgan fingerprint density at radius 1 is 1.02 bits per heavy atom. The zero-order valence-electron chi connectivity index (χ0n) is 22.5. The van der Waals surface area contributed by atoms with Crippen LogP contribution in [-0.4, -0.2) is 42.4 Å². The number of anilines is 2. The molecular weight excluding hydrogens is 546 g/mol. The molecule has 4 aromatic rings. The van der Waals surface area contributed by atoms with E-state index in [1.165, 1.54) is 7.11 Å². The van der Waals surface area contributed by atoms with E-state index >= 15 is 0 Å². The number of thiocarbonyl (C=S) groups is 1. The number of rotatable bonds is 7. The number of carbonyl (C=O) groups is 1. The van der Waals surface area contributed by atoms with Crippen LogP contribution in [0.2, 0.25) is 0 Å². The van der Waals surface area contributed by atoms with Crippen LogP contribution in [0.5, 0.6) is 0 Å². The average Bonchev–Trinajstić information content (AvgIpc) is 3.43. The zero-order chi connectivity index (χ0) is 28.6. The smallest absolute Gasteiger partial charge is 0.337 e. The van der Waals surface area contributed by atoms with Crippen molar-refractivity contribution in [1.29, 1.82) is 0 Å². The Labute approximate surface area is 238 Å². The van der Waals surface area contributed by atoms with Gasteiger partial charge in [-0.05, 0) is 92.3 Å². The third kappa shape index (κ3) is 5.30. The van der Waals surface area contributed by atoms with Gasteiger partial charge in [-0.25, -0.2) is 13.2 Å². The Hall–Kier alpha value is -4.22. The predicted molar refractivity (Wildman–Crippen MR) is 159 cm³/mol. The summed E-state index contributed by atoms with van der Waals surface area (Å²) in [7, 11) is -2.04. The highest BCUT2D eigenvalue weighted by Crippen LogP contribution is 2.44. The highest BCUT2D eigenvalue weighted by atomic mass is 32.2. The van der Waals surface area contributed by atoms with Crippen molar-refractivity contribution in [3.05, 3.63) is 107 Å². The second kappa shape index (κ2) is 10.7. The molecule has 206 valence electrons. The van der Waals surface area contributed by atoms with Crippen LogP contribution >= 0.6 is 12.2 Å². The molecule has 2 aromatic carbocycles. The van der Waals surface area contributed by atoms with Crippen molar-refractivity contribution in [2.75, 3.05) is 23.0 Å². The van der Waals surface area contributed by atoms with E-state index in [-0.39, 0.29) is 12.1 Å². The van der Waals surface area contributed by atoms with E-state index < -0.39 is 16.0 Å². The molecule has 0 bridgehead atoms. The first-order valence-electron chi connectivity index (χ1n) is 12.5. The molecule has 0 radical (unpaired) electrons. The molecule has 5 rings (SSSR count). The van der Waals surface area contributed by atoms with Gasteiger partial charge < -0.3 is 19.5 Å². The van der Waals surface area contributed by atoms with Crippen molar-refractivity contribution in [3.8, 4) is 5.69 Å². The molecule has 1 aliphatic rings. The van der Waals surface area contributed by atoms with E-state index in [0.717, 1.165) is 40.3 Å². The summed E-state index contributed by atoms with van der Waals surface area (Å²) in [6, 6.07) is 21.8. The highest BCUT2D eigenvalue weighted by molar-refractivity contribution is 7.92. The fourth-order valence-corrected chi connectivity index (χ4v) is 6.14. The largest absolute Gasteiger partial charge is 0.465 e. The molecule has 0 spiro atoms. The van der Waals surface area contributed by atoms with Gasteiger partial charge in [-0.15, -0.1) is 0 Å². The first kappa shape index (κ1) is 27.4. The number of ether oxygens (including phenoxy) is 1. The maximum Gasteiger partial charge on any atom is 0.337 e. The quantitative estimate of drug-likeness (QED) is 0.239. The lowest BCUT2D eigenvalue weighted by Crippen LogP contribution is -2.29. The van der Waals surface area contributed by atoms with Crippen LogP contribution in [0.4, 0.5) is 11.4 Å². The van der Waals surface area contributed by atoms with Crippen molar-refractivity contribution in [2.24, 2.45) is 0 Å². The number of pyridine rings is 1. The van der Waals surface area contributed by atoms with Gasteiger partial charge in [-0.1, -0.05) is 12.1 Å². The van der Waals surface area contributed by atoms with Crippen LogP contribution in [0.15, 0.2) is 79.0 Å². The number of aryl methyl sites for hydroxylation is 1. The van der Waals surface area contributed by atoms with E-state index in [4.69, 9.17) is 17.0 Å². The minimum Gasteiger partial charge on any atom is -0.465 e. The summed E-state index contributed by atoms with van der Waals surface area (Å²) in [5.74, 6) is -0.398. The van der Waals surface area contributed by atoms with Crippen LogP contribution < -0.4 is 14.9 Å². The van der Waals surface area contributed by atoms with Crippen LogP contribution in [0, 0.1) is 13.8 Å². The molecule has 3 heterocycles. The highest BCUT2D eigenvalue weighted by Gasteiger charge is 2.42. The number of esters is 1. The summed E-state index contributed by atoms with van der Waals surface area (Å²) < 4.78 is 32.9. The summed E-state index contributed by atoms with van der Waals surface area (Å²) in [4.78, 5) is 18.9. The second-order valence-corrected chi connectivity index (χ2v) is 11.8. The van der Waals surface area contributed by atoms with Gasteiger partial charge in [0.2, 0.25) is 10.0 Å². The molecule has 40 heavy (non-hydrogen) atoms. The van der Waals surface area contributed by atoms with E-state index in [2.05, 4.69) is 25.7 Å². The minimum atomic E-state index is -3.40. The van der Waals surface area contributed by atoms with Crippen molar-refractivity contribution in [3.63, 3.8) is 0 Å². The average molecular weight is 576 g/mol. The van der Waals surface area contributed by atoms with E-state index in [9.17, 15) is 13.2 Å². The molecule has 2 unspecified atom stereocenters. The Balaban J connectivity index is 1.62. The summed E-state index contributed by atoms with van der Waals surface area (Å²) in [6.45, 7) is 4.06. The normalized spacial score (nSPS) is 17.0. The maximum absolute atomic E-state index is 12.2. The number of aromatic nitrogens is 2. The van der Waals surface area contributed by atoms with Gasteiger partial charge in [0.25, 0.3) is 0 Å². The number of carbonyl (C=O) groups excluding carboxylic acids is 1. The van der Waals surface area contributed by atoms with Crippen LogP contribution in [0.1, 0.15) is 45.1 Å². The molecule has 1 saturated heterocycles. The first-order chi connectivity index (χ1) is 19.1. The topological polar surface area (TPSA) is 106 Å². The van der Waals surface area contributed by atoms with Crippen molar-refractivity contribution in [2.45, 2.75) is 25.9 Å². The number of sulfonamides is 1. The fraction of sp³-hybridized carbons (Fsp3) is 0.207.